The highest BCUT2D eigenvalue weighted by atomic mass is 32.2. The molecule has 0 aliphatic carbocycles. The van der Waals surface area contributed by atoms with E-state index < -0.39 is 10.0 Å². The first-order chi connectivity index (χ1) is 9.01. The maximum Gasteiger partial charge on any atom is 0.263 e. The van der Waals surface area contributed by atoms with Crippen molar-refractivity contribution in [3.8, 4) is 0 Å². The van der Waals surface area contributed by atoms with E-state index in [1.165, 1.54) is 18.3 Å². The number of nitrogens with two attached hydrogens (primary N) is 1. The maximum absolute atomic E-state index is 12.1. The van der Waals surface area contributed by atoms with Gasteiger partial charge in [-0.05, 0) is 36.8 Å². The SMILES string of the molecule is Cc1cccc(NS(=O)(=O)c2ccc(NN)nc2)c1. The molecule has 0 radical (unpaired) electrons. The number of aryl methyl sites for hydroxylation is 1. The predicted octanol–water partition coefficient (Wildman–Crippen LogP) is 1.48. The summed E-state index contributed by atoms with van der Waals surface area (Å²) < 4.78 is 26.7. The molecule has 0 aliphatic heterocycles. The molecule has 1 aromatic heterocycles. The Morgan fingerprint density at radius 1 is 1.21 bits per heavy atom. The number of hydrogen-bond acceptors (Lipinski definition) is 5. The molecule has 0 aliphatic rings. The number of sulfonamides is 1. The number of rotatable bonds is 4. The first kappa shape index (κ1) is 13.3. The van der Waals surface area contributed by atoms with Crippen LogP contribution in [0.5, 0.6) is 0 Å². The summed E-state index contributed by atoms with van der Waals surface area (Å²) >= 11 is 0. The Morgan fingerprint density at radius 2 is 2.00 bits per heavy atom. The third-order valence-electron chi connectivity index (χ3n) is 2.46. The van der Waals surface area contributed by atoms with Crippen LogP contribution in [-0.2, 0) is 10.0 Å². The first-order valence-corrected chi connectivity index (χ1v) is 7.02. The topological polar surface area (TPSA) is 97.1 Å². The summed E-state index contributed by atoms with van der Waals surface area (Å²) in [5, 5.41) is 0. The van der Waals surface area contributed by atoms with Crippen molar-refractivity contribution in [2.75, 3.05) is 10.1 Å². The van der Waals surface area contributed by atoms with Crippen molar-refractivity contribution in [3.05, 3.63) is 48.2 Å². The van der Waals surface area contributed by atoms with Crippen LogP contribution < -0.4 is 16.0 Å². The van der Waals surface area contributed by atoms with Gasteiger partial charge in [-0.15, -0.1) is 0 Å². The van der Waals surface area contributed by atoms with Gasteiger partial charge >= 0.3 is 0 Å². The van der Waals surface area contributed by atoms with Gasteiger partial charge in [-0.25, -0.2) is 19.2 Å². The Morgan fingerprint density at radius 3 is 2.58 bits per heavy atom. The molecule has 100 valence electrons. The van der Waals surface area contributed by atoms with Crippen LogP contribution in [0.1, 0.15) is 5.56 Å². The molecule has 0 amide bonds. The average molecular weight is 278 g/mol. The molecule has 0 bridgehead atoms. The Balaban J connectivity index is 2.27. The lowest BCUT2D eigenvalue weighted by Crippen LogP contribution is -2.14. The highest BCUT2D eigenvalue weighted by molar-refractivity contribution is 7.92. The molecule has 0 unspecified atom stereocenters. The van der Waals surface area contributed by atoms with Gasteiger partial charge < -0.3 is 5.43 Å². The second-order valence-corrected chi connectivity index (χ2v) is 5.68. The summed E-state index contributed by atoms with van der Waals surface area (Å²) in [4.78, 5) is 3.94. The molecular weight excluding hydrogens is 264 g/mol. The quantitative estimate of drug-likeness (QED) is 0.581. The molecule has 0 saturated heterocycles. The number of anilines is 2. The third-order valence-corrected chi connectivity index (χ3v) is 3.83. The molecule has 2 rings (SSSR count). The minimum atomic E-state index is -3.64. The average Bonchev–Trinajstić information content (AvgIpc) is 2.38. The lowest BCUT2D eigenvalue weighted by molar-refractivity contribution is 0.601. The molecule has 19 heavy (non-hydrogen) atoms. The second-order valence-electron chi connectivity index (χ2n) is 4.00. The normalized spacial score (nSPS) is 11.1. The van der Waals surface area contributed by atoms with Gasteiger partial charge in [0, 0.05) is 11.9 Å². The zero-order valence-electron chi connectivity index (χ0n) is 10.3. The van der Waals surface area contributed by atoms with Crippen molar-refractivity contribution in [2.24, 2.45) is 5.84 Å². The van der Waals surface area contributed by atoms with Crippen LogP contribution in [0, 0.1) is 6.92 Å². The van der Waals surface area contributed by atoms with Gasteiger partial charge in [0.15, 0.2) is 0 Å². The van der Waals surface area contributed by atoms with Crippen LogP contribution in [0.4, 0.5) is 11.5 Å². The van der Waals surface area contributed by atoms with E-state index in [0.717, 1.165) is 5.56 Å². The number of nitrogens with zero attached hydrogens (tertiary/aromatic N) is 1. The predicted molar refractivity (Wildman–Crippen MR) is 74.0 cm³/mol. The fourth-order valence-electron chi connectivity index (χ4n) is 1.55. The molecule has 0 spiro atoms. The van der Waals surface area contributed by atoms with Crippen molar-refractivity contribution in [2.45, 2.75) is 11.8 Å². The van der Waals surface area contributed by atoms with Gasteiger partial charge in [-0.1, -0.05) is 12.1 Å². The molecule has 0 fully saturated rings. The number of pyridine rings is 1. The fraction of sp³-hybridized carbons (Fsp3) is 0.0833. The lowest BCUT2D eigenvalue weighted by Gasteiger charge is -2.08. The van der Waals surface area contributed by atoms with Crippen LogP contribution in [0.15, 0.2) is 47.5 Å². The summed E-state index contributed by atoms with van der Waals surface area (Å²) in [6.45, 7) is 1.89. The summed E-state index contributed by atoms with van der Waals surface area (Å²) in [5.74, 6) is 5.57. The van der Waals surface area contributed by atoms with E-state index in [9.17, 15) is 8.42 Å². The van der Waals surface area contributed by atoms with E-state index >= 15 is 0 Å². The molecule has 4 N–H and O–H groups in total. The Bertz CT molecular complexity index is 668. The minimum absolute atomic E-state index is 0.0769. The van der Waals surface area contributed by atoms with E-state index in [2.05, 4.69) is 15.1 Å². The number of nitrogens with one attached hydrogen (secondary N) is 2. The van der Waals surface area contributed by atoms with Gasteiger partial charge in [-0.2, -0.15) is 0 Å². The molecule has 2 aromatic rings. The number of benzene rings is 1. The fourth-order valence-corrected chi connectivity index (χ4v) is 2.54. The van der Waals surface area contributed by atoms with E-state index in [0.29, 0.717) is 11.5 Å². The third kappa shape index (κ3) is 3.21. The van der Waals surface area contributed by atoms with Gasteiger partial charge in [0.1, 0.15) is 10.7 Å². The van der Waals surface area contributed by atoms with Crippen molar-refractivity contribution < 1.29 is 8.42 Å². The molecule has 0 saturated carbocycles. The highest BCUT2D eigenvalue weighted by Crippen LogP contribution is 2.17. The molecule has 1 heterocycles. The van der Waals surface area contributed by atoms with E-state index in [4.69, 9.17) is 5.84 Å². The van der Waals surface area contributed by atoms with Crippen LogP contribution in [0.3, 0.4) is 0 Å². The van der Waals surface area contributed by atoms with Crippen molar-refractivity contribution in [1.82, 2.24) is 4.98 Å². The Kier molecular flexibility index (Phi) is 3.68. The van der Waals surface area contributed by atoms with E-state index in [-0.39, 0.29) is 4.90 Å². The Labute approximate surface area is 111 Å². The van der Waals surface area contributed by atoms with Crippen LogP contribution >= 0.6 is 0 Å². The second kappa shape index (κ2) is 5.25. The maximum atomic E-state index is 12.1. The van der Waals surface area contributed by atoms with Crippen molar-refractivity contribution in [1.29, 1.82) is 0 Å². The monoisotopic (exact) mass is 278 g/mol. The summed E-state index contributed by atoms with van der Waals surface area (Å²) in [6, 6.07) is 10.0. The largest absolute Gasteiger partial charge is 0.308 e. The molecular formula is C12H14N4O2S. The highest BCUT2D eigenvalue weighted by Gasteiger charge is 2.14. The number of aromatic nitrogens is 1. The van der Waals surface area contributed by atoms with Gasteiger partial charge in [-0.3, -0.25) is 4.72 Å². The summed E-state index contributed by atoms with van der Waals surface area (Å²) in [6.07, 6.45) is 1.24. The minimum Gasteiger partial charge on any atom is -0.308 e. The smallest absolute Gasteiger partial charge is 0.263 e. The summed E-state index contributed by atoms with van der Waals surface area (Å²) in [7, 11) is -3.64. The molecule has 7 heteroatoms. The zero-order valence-corrected chi connectivity index (χ0v) is 11.1. The lowest BCUT2D eigenvalue weighted by atomic mass is 10.2. The van der Waals surface area contributed by atoms with E-state index in [1.807, 2.05) is 13.0 Å². The van der Waals surface area contributed by atoms with Crippen LogP contribution in [0.25, 0.3) is 0 Å². The molecule has 0 atom stereocenters. The zero-order chi connectivity index (χ0) is 13.9. The molecule has 6 nitrogen and oxygen atoms in total. The van der Waals surface area contributed by atoms with Crippen molar-refractivity contribution in [3.63, 3.8) is 0 Å². The van der Waals surface area contributed by atoms with E-state index in [1.54, 1.807) is 18.2 Å². The number of hydrogen-bond donors (Lipinski definition) is 3. The van der Waals surface area contributed by atoms with Crippen LogP contribution in [0.2, 0.25) is 0 Å². The number of hydrazine groups is 1. The first-order valence-electron chi connectivity index (χ1n) is 5.53. The van der Waals surface area contributed by atoms with Crippen LogP contribution in [-0.4, -0.2) is 13.4 Å². The van der Waals surface area contributed by atoms with Gasteiger partial charge in [0.25, 0.3) is 10.0 Å². The molecule has 1 aromatic carbocycles. The van der Waals surface area contributed by atoms with Crippen molar-refractivity contribution >= 4 is 21.5 Å². The van der Waals surface area contributed by atoms with Gasteiger partial charge in [0.05, 0.1) is 0 Å². The summed E-state index contributed by atoms with van der Waals surface area (Å²) in [5.41, 5.74) is 3.82. The Hall–Kier alpha value is -2.12. The standard InChI is InChI=1S/C12H14N4O2S/c1-9-3-2-4-10(7-9)16-19(17,18)11-5-6-12(15-13)14-8-11/h2-8,16H,13H2,1H3,(H,14,15). The van der Waals surface area contributed by atoms with Gasteiger partial charge in [0.2, 0.25) is 0 Å². The number of nitrogen functional groups attached to an aromatic ring is 1.